The Morgan fingerprint density at radius 2 is 1.87 bits per heavy atom. The molecule has 0 radical (unpaired) electrons. The molecular weight excluding hydrogens is 386 g/mol. The van der Waals surface area contributed by atoms with E-state index >= 15 is 0 Å². The molecular formula is C26H27N3O2. The van der Waals surface area contributed by atoms with Gasteiger partial charge < -0.3 is 10.2 Å². The summed E-state index contributed by atoms with van der Waals surface area (Å²) < 4.78 is 0. The standard InChI is InChI=1S/C26H27N3O2/c1-19-8-7-10-20(16-19)22-11-4-3-9-21(22)17-26(25(31)27-2)13-15-29(18-26)24(30)23-12-5-6-14-28-23/h3-12,14,16H,13,15,17-18H2,1-2H3,(H,27,31)/t26-/m1/s1. The molecule has 3 aromatic rings. The Morgan fingerprint density at radius 3 is 2.61 bits per heavy atom. The molecule has 2 heterocycles. The molecule has 1 saturated heterocycles. The highest BCUT2D eigenvalue weighted by molar-refractivity contribution is 5.94. The van der Waals surface area contributed by atoms with Gasteiger partial charge in [0.15, 0.2) is 0 Å². The molecule has 1 aliphatic heterocycles. The van der Waals surface area contributed by atoms with E-state index < -0.39 is 5.41 Å². The first-order chi connectivity index (χ1) is 15.0. The van der Waals surface area contributed by atoms with Crippen molar-refractivity contribution in [1.29, 1.82) is 0 Å². The van der Waals surface area contributed by atoms with Crippen molar-refractivity contribution in [2.75, 3.05) is 20.1 Å². The highest BCUT2D eigenvalue weighted by Crippen LogP contribution is 2.38. The molecule has 1 aliphatic rings. The van der Waals surface area contributed by atoms with E-state index in [0.29, 0.717) is 31.6 Å². The first-order valence-corrected chi connectivity index (χ1v) is 10.6. The van der Waals surface area contributed by atoms with E-state index in [4.69, 9.17) is 0 Å². The number of hydrogen-bond donors (Lipinski definition) is 1. The maximum Gasteiger partial charge on any atom is 0.272 e. The van der Waals surface area contributed by atoms with Crippen LogP contribution in [0.4, 0.5) is 0 Å². The Balaban J connectivity index is 1.65. The Labute approximate surface area is 183 Å². The highest BCUT2D eigenvalue weighted by atomic mass is 16.2. The van der Waals surface area contributed by atoms with Crippen LogP contribution in [0.2, 0.25) is 0 Å². The third-order valence-electron chi connectivity index (χ3n) is 6.11. The van der Waals surface area contributed by atoms with Crippen molar-refractivity contribution in [1.82, 2.24) is 15.2 Å². The fourth-order valence-corrected chi connectivity index (χ4v) is 4.51. The zero-order chi connectivity index (χ0) is 21.8. The van der Waals surface area contributed by atoms with Gasteiger partial charge >= 0.3 is 0 Å². The van der Waals surface area contributed by atoms with Crippen molar-refractivity contribution in [3.8, 4) is 11.1 Å². The number of nitrogens with one attached hydrogen (secondary N) is 1. The Morgan fingerprint density at radius 1 is 1.06 bits per heavy atom. The second-order valence-electron chi connectivity index (χ2n) is 8.25. The summed E-state index contributed by atoms with van der Waals surface area (Å²) in [4.78, 5) is 32.0. The second-order valence-corrected chi connectivity index (χ2v) is 8.25. The number of aryl methyl sites for hydroxylation is 1. The third-order valence-corrected chi connectivity index (χ3v) is 6.11. The number of aromatic nitrogens is 1. The summed E-state index contributed by atoms with van der Waals surface area (Å²) in [5.41, 5.74) is 4.32. The van der Waals surface area contributed by atoms with Crippen molar-refractivity contribution >= 4 is 11.8 Å². The van der Waals surface area contributed by atoms with E-state index in [2.05, 4.69) is 53.6 Å². The lowest BCUT2D eigenvalue weighted by Crippen LogP contribution is -2.44. The van der Waals surface area contributed by atoms with Crippen molar-refractivity contribution in [3.63, 3.8) is 0 Å². The minimum absolute atomic E-state index is 0.0251. The zero-order valence-electron chi connectivity index (χ0n) is 18.0. The third kappa shape index (κ3) is 4.22. The maximum atomic E-state index is 13.1. The number of benzene rings is 2. The van der Waals surface area contributed by atoms with Gasteiger partial charge in [0.1, 0.15) is 5.69 Å². The maximum absolute atomic E-state index is 13.1. The van der Waals surface area contributed by atoms with Crippen LogP contribution in [0, 0.1) is 12.3 Å². The quantitative estimate of drug-likeness (QED) is 0.691. The minimum atomic E-state index is -0.668. The monoisotopic (exact) mass is 413 g/mol. The van der Waals surface area contributed by atoms with Gasteiger partial charge in [0.2, 0.25) is 5.91 Å². The summed E-state index contributed by atoms with van der Waals surface area (Å²) in [5, 5.41) is 2.84. The van der Waals surface area contributed by atoms with Crippen LogP contribution >= 0.6 is 0 Å². The fourth-order valence-electron chi connectivity index (χ4n) is 4.51. The van der Waals surface area contributed by atoms with Crippen molar-refractivity contribution in [2.45, 2.75) is 19.8 Å². The number of rotatable bonds is 5. The largest absolute Gasteiger partial charge is 0.359 e. The van der Waals surface area contributed by atoms with Gasteiger partial charge in [-0.1, -0.05) is 60.2 Å². The lowest BCUT2D eigenvalue weighted by molar-refractivity contribution is -0.129. The topological polar surface area (TPSA) is 62.3 Å². The van der Waals surface area contributed by atoms with Crippen LogP contribution in [0.5, 0.6) is 0 Å². The number of likely N-dealkylation sites (tertiary alicyclic amines) is 1. The van der Waals surface area contributed by atoms with Crippen LogP contribution in [0.1, 0.15) is 28.0 Å². The van der Waals surface area contributed by atoms with Crippen LogP contribution < -0.4 is 5.32 Å². The summed E-state index contributed by atoms with van der Waals surface area (Å²) in [6, 6.07) is 21.9. The smallest absolute Gasteiger partial charge is 0.272 e. The van der Waals surface area contributed by atoms with Crippen molar-refractivity contribution < 1.29 is 9.59 Å². The fraction of sp³-hybridized carbons (Fsp3) is 0.269. The van der Waals surface area contributed by atoms with E-state index in [9.17, 15) is 9.59 Å². The molecule has 4 rings (SSSR count). The van der Waals surface area contributed by atoms with Gasteiger partial charge in [0, 0.05) is 26.3 Å². The van der Waals surface area contributed by atoms with Crippen molar-refractivity contribution in [3.05, 3.63) is 89.7 Å². The molecule has 0 saturated carbocycles. The van der Waals surface area contributed by atoms with Crippen LogP contribution in [-0.2, 0) is 11.2 Å². The molecule has 31 heavy (non-hydrogen) atoms. The molecule has 2 aromatic carbocycles. The molecule has 1 N–H and O–H groups in total. The molecule has 0 spiro atoms. The SMILES string of the molecule is CNC(=O)[C@@]1(Cc2ccccc2-c2cccc(C)c2)CCN(C(=O)c2ccccn2)C1. The molecule has 0 aliphatic carbocycles. The second kappa shape index (κ2) is 8.72. The Hall–Kier alpha value is -3.47. The van der Waals surface area contributed by atoms with Gasteiger partial charge in [-0.25, -0.2) is 0 Å². The number of carbonyl (C=O) groups excluding carboxylic acids is 2. The van der Waals surface area contributed by atoms with Crippen LogP contribution in [-0.4, -0.2) is 41.8 Å². The van der Waals surface area contributed by atoms with Gasteiger partial charge in [-0.15, -0.1) is 0 Å². The summed E-state index contributed by atoms with van der Waals surface area (Å²) in [7, 11) is 1.67. The lowest BCUT2D eigenvalue weighted by atomic mass is 9.78. The zero-order valence-corrected chi connectivity index (χ0v) is 18.0. The van der Waals surface area contributed by atoms with Crippen LogP contribution in [0.3, 0.4) is 0 Å². The molecule has 2 amide bonds. The van der Waals surface area contributed by atoms with E-state index in [-0.39, 0.29) is 11.8 Å². The highest BCUT2D eigenvalue weighted by Gasteiger charge is 2.46. The van der Waals surface area contributed by atoms with Gasteiger partial charge in [-0.3, -0.25) is 14.6 Å². The van der Waals surface area contributed by atoms with E-state index in [0.717, 1.165) is 16.7 Å². The molecule has 5 nitrogen and oxygen atoms in total. The molecule has 5 heteroatoms. The van der Waals surface area contributed by atoms with Crippen LogP contribution in [0.25, 0.3) is 11.1 Å². The molecule has 158 valence electrons. The van der Waals surface area contributed by atoms with Gasteiger partial charge in [-0.2, -0.15) is 0 Å². The summed E-state index contributed by atoms with van der Waals surface area (Å²) in [5.74, 6) is -0.152. The number of amides is 2. The van der Waals surface area contributed by atoms with Gasteiger partial charge in [0.25, 0.3) is 5.91 Å². The normalized spacial score (nSPS) is 18.1. The van der Waals surface area contributed by atoms with E-state index in [1.807, 2.05) is 12.1 Å². The molecule has 0 unspecified atom stereocenters. The number of nitrogens with zero attached hydrogens (tertiary/aromatic N) is 2. The predicted octanol–water partition coefficient (Wildman–Crippen LogP) is 3.88. The van der Waals surface area contributed by atoms with E-state index in [1.54, 1.807) is 36.3 Å². The first-order valence-electron chi connectivity index (χ1n) is 10.6. The molecule has 1 fully saturated rings. The summed E-state index contributed by atoms with van der Waals surface area (Å²) >= 11 is 0. The molecule has 1 atom stereocenters. The van der Waals surface area contributed by atoms with E-state index in [1.165, 1.54) is 5.56 Å². The molecule has 1 aromatic heterocycles. The predicted molar refractivity (Wildman–Crippen MR) is 122 cm³/mol. The number of hydrogen-bond acceptors (Lipinski definition) is 3. The number of pyridine rings is 1. The summed E-state index contributed by atoms with van der Waals surface area (Å²) in [6.07, 6.45) is 2.81. The van der Waals surface area contributed by atoms with Gasteiger partial charge in [-0.05, 0) is 48.6 Å². The Kier molecular flexibility index (Phi) is 5.85. The number of carbonyl (C=O) groups is 2. The minimum Gasteiger partial charge on any atom is -0.359 e. The average Bonchev–Trinajstić information content (AvgIpc) is 3.24. The summed E-state index contributed by atoms with van der Waals surface area (Å²) in [6.45, 7) is 3.00. The Bertz CT molecular complexity index is 1100. The van der Waals surface area contributed by atoms with Gasteiger partial charge in [0.05, 0.1) is 5.41 Å². The van der Waals surface area contributed by atoms with Crippen LogP contribution in [0.15, 0.2) is 72.9 Å². The average molecular weight is 414 g/mol. The van der Waals surface area contributed by atoms with Crippen molar-refractivity contribution in [2.24, 2.45) is 5.41 Å². The lowest BCUT2D eigenvalue weighted by Gasteiger charge is -2.28. The first kappa shape index (κ1) is 20.8. The molecule has 0 bridgehead atoms.